The molecule has 1 aromatic heterocycles. The van der Waals surface area contributed by atoms with Crippen molar-refractivity contribution in [2.24, 2.45) is 0 Å². The summed E-state index contributed by atoms with van der Waals surface area (Å²) >= 11 is 0. The van der Waals surface area contributed by atoms with Gasteiger partial charge < -0.3 is 10.6 Å². The summed E-state index contributed by atoms with van der Waals surface area (Å²) < 4.78 is 0. The molecule has 2 saturated heterocycles. The molecule has 2 atom stereocenters. The molecule has 3 rings (SSSR count). The maximum atomic E-state index is 4.78. The van der Waals surface area contributed by atoms with Crippen LogP contribution in [-0.2, 0) is 0 Å². The van der Waals surface area contributed by atoms with Crippen LogP contribution in [0.15, 0.2) is 0 Å². The number of fused-ring (bicyclic) bond motifs is 1. The zero-order valence-electron chi connectivity index (χ0n) is 13.6. The molecule has 0 amide bonds. The van der Waals surface area contributed by atoms with E-state index >= 15 is 0 Å². The first-order valence-corrected chi connectivity index (χ1v) is 8.17. The summed E-state index contributed by atoms with van der Waals surface area (Å²) in [5.74, 6) is 3.20. The molecule has 0 aromatic carbocycles. The van der Waals surface area contributed by atoms with Crippen LogP contribution in [0.2, 0.25) is 0 Å². The first kappa shape index (κ1) is 14.6. The fourth-order valence-electron chi connectivity index (χ4n) is 3.60. The van der Waals surface area contributed by atoms with Crippen molar-refractivity contribution in [1.29, 1.82) is 0 Å². The number of rotatable bonds is 4. The van der Waals surface area contributed by atoms with Crippen LogP contribution >= 0.6 is 0 Å². The molecule has 116 valence electrons. The van der Waals surface area contributed by atoms with E-state index in [1.54, 1.807) is 0 Å². The van der Waals surface area contributed by atoms with Crippen LogP contribution < -0.4 is 10.6 Å². The van der Waals surface area contributed by atoms with Crippen molar-refractivity contribution in [2.45, 2.75) is 58.0 Å². The third kappa shape index (κ3) is 2.71. The fourth-order valence-corrected chi connectivity index (χ4v) is 3.60. The molecule has 2 aliphatic heterocycles. The minimum Gasteiger partial charge on any atom is -0.373 e. The summed E-state index contributed by atoms with van der Waals surface area (Å²) in [6, 6.07) is 1.23. The van der Waals surface area contributed by atoms with Crippen molar-refractivity contribution in [3.8, 4) is 0 Å². The summed E-state index contributed by atoms with van der Waals surface area (Å²) in [5.41, 5.74) is 1.12. The second-order valence-electron chi connectivity index (χ2n) is 6.59. The van der Waals surface area contributed by atoms with Crippen LogP contribution in [0, 0.1) is 6.92 Å². The van der Waals surface area contributed by atoms with Gasteiger partial charge in [0.2, 0.25) is 0 Å². The van der Waals surface area contributed by atoms with Gasteiger partial charge in [-0.2, -0.15) is 0 Å². The number of aromatic nitrogens is 2. The monoisotopic (exact) mass is 289 g/mol. The molecular weight excluding hydrogens is 262 g/mol. The van der Waals surface area contributed by atoms with Crippen LogP contribution in [0.3, 0.4) is 0 Å². The standard InChI is InChI=1S/C16H27N5/c1-10(2)14-19-15(17-4)11(3)16(20-14)18-12-7-9-21-8-5-6-13(12)21/h10,12-13H,5-9H2,1-4H3,(H2,17,18,19,20). The molecule has 1 aromatic rings. The van der Waals surface area contributed by atoms with E-state index in [9.17, 15) is 0 Å². The second-order valence-corrected chi connectivity index (χ2v) is 6.59. The van der Waals surface area contributed by atoms with Crippen LogP contribution in [-0.4, -0.2) is 47.1 Å². The van der Waals surface area contributed by atoms with Gasteiger partial charge >= 0.3 is 0 Å². The highest BCUT2D eigenvalue weighted by molar-refractivity contribution is 5.57. The summed E-state index contributed by atoms with van der Waals surface area (Å²) in [6.45, 7) is 8.87. The Kier molecular flexibility index (Phi) is 4.02. The van der Waals surface area contributed by atoms with Crippen molar-refractivity contribution in [2.75, 3.05) is 30.8 Å². The van der Waals surface area contributed by atoms with Crippen LogP contribution in [0.4, 0.5) is 11.6 Å². The zero-order chi connectivity index (χ0) is 15.0. The Bertz CT molecular complexity index is 514. The maximum absolute atomic E-state index is 4.78. The summed E-state index contributed by atoms with van der Waals surface area (Å²) in [6.07, 6.45) is 3.88. The first-order chi connectivity index (χ1) is 10.1. The smallest absolute Gasteiger partial charge is 0.135 e. The SMILES string of the molecule is CNc1nc(C(C)C)nc(NC2CCN3CCCC23)c1C. The number of anilines is 2. The van der Waals surface area contributed by atoms with Crippen molar-refractivity contribution >= 4 is 11.6 Å². The molecule has 2 aliphatic rings. The predicted octanol–water partition coefficient (Wildman–Crippen LogP) is 2.60. The normalized spacial score (nSPS) is 25.4. The molecule has 5 heteroatoms. The highest BCUT2D eigenvalue weighted by Gasteiger charge is 2.37. The van der Waals surface area contributed by atoms with Gasteiger partial charge in [-0.05, 0) is 32.7 Å². The number of hydrogen-bond acceptors (Lipinski definition) is 5. The van der Waals surface area contributed by atoms with E-state index in [1.165, 1.54) is 32.4 Å². The van der Waals surface area contributed by atoms with Crippen molar-refractivity contribution in [1.82, 2.24) is 14.9 Å². The van der Waals surface area contributed by atoms with Gasteiger partial charge in [-0.15, -0.1) is 0 Å². The lowest BCUT2D eigenvalue weighted by Gasteiger charge is -2.23. The fraction of sp³-hybridized carbons (Fsp3) is 0.750. The molecule has 0 aliphatic carbocycles. The first-order valence-electron chi connectivity index (χ1n) is 8.17. The second kappa shape index (κ2) is 5.79. The van der Waals surface area contributed by atoms with E-state index in [2.05, 4.69) is 41.3 Å². The van der Waals surface area contributed by atoms with Gasteiger partial charge in [-0.1, -0.05) is 13.8 Å². The van der Waals surface area contributed by atoms with Crippen LogP contribution in [0.25, 0.3) is 0 Å². The minimum atomic E-state index is 0.338. The Labute approximate surface area is 127 Å². The highest BCUT2D eigenvalue weighted by Crippen LogP contribution is 2.31. The Morgan fingerprint density at radius 3 is 2.62 bits per heavy atom. The lowest BCUT2D eigenvalue weighted by atomic mass is 10.1. The highest BCUT2D eigenvalue weighted by atomic mass is 15.2. The van der Waals surface area contributed by atoms with Gasteiger partial charge in [-0.3, -0.25) is 4.90 Å². The van der Waals surface area contributed by atoms with Crippen LogP contribution in [0.5, 0.6) is 0 Å². The number of nitrogens with zero attached hydrogens (tertiary/aromatic N) is 3. The van der Waals surface area contributed by atoms with Crippen molar-refractivity contribution in [3.63, 3.8) is 0 Å². The Hall–Kier alpha value is -1.36. The van der Waals surface area contributed by atoms with Gasteiger partial charge in [0.15, 0.2) is 0 Å². The maximum Gasteiger partial charge on any atom is 0.135 e. The molecule has 0 bridgehead atoms. The molecule has 3 heterocycles. The van der Waals surface area contributed by atoms with E-state index in [1.807, 2.05) is 7.05 Å². The zero-order valence-corrected chi connectivity index (χ0v) is 13.6. The molecule has 2 fully saturated rings. The van der Waals surface area contributed by atoms with E-state index in [0.29, 0.717) is 18.0 Å². The molecule has 0 radical (unpaired) electrons. The Morgan fingerprint density at radius 1 is 1.14 bits per heavy atom. The molecule has 2 unspecified atom stereocenters. The predicted molar refractivity (Wildman–Crippen MR) is 87.0 cm³/mol. The summed E-state index contributed by atoms with van der Waals surface area (Å²) in [5, 5.41) is 6.92. The molecule has 21 heavy (non-hydrogen) atoms. The van der Waals surface area contributed by atoms with Gasteiger partial charge in [0.1, 0.15) is 17.5 Å². The molecule has 0 saturated carbocycles. The van der Waals surface area contributed by atoms with Crippen molar-refractivity contribution < 1.29 is 0 Å². The molecule has 5 nitrogen and oxygen atoms in total. The van der Waals surface area contributed by atoms with Gasteiger partial charge in [-0.25, -0.2) is 9.97 Å². The van der Waals surface area contributed by atoms with Gasteiger partial charge in [0.05, 0.1) is 0 Å². The van der Waals surface area contributed by atoms with Gasteiger partial charge in [0, 0.05) is 37.2 Å². The van der Waals surface area contributed by atoms with E-state index in [-0.39, 0.29) is 0 Å². The Morgan fingerprint density at radius 2 is 1.90 bits per heavy atom. The molecule has 2 N–H and O–H groups in total. The Balaban J connectivity index is 1.85. The lowest BCUT2D eigenvalue weighted by molar-refractivity contribution is 0.318. The largest absolute Gasteiger partial charge is 0.373 e. The minimum absolute atomic E-state index is 0.338. The quantitative estimate of drug-likeness (QED) is 0.892. The molecular formula is C16H27N5. The average Bonchev–Trinajstić information content (AvgIpc) is 3.05. The van der Waals surface area contributed by atoms with Gasteiger partial charge in [0.25, 0.3) is 0 Å². The summed E-state index contributed by atoms with van der Waals surface area (Å²) in [7, 11) is 1.93. The number of nitrogens with one attached hydrogen (secondary N) is 2. The van der Waals surface area contributed by atoms with E-state index in [4.69, 9.17) is 4.98 Å². The topological polar surface area (TPSA) is 53.1 Å². The van der Waals surface area contributed by atoms with E-state index in [0.717, 1.165) is 23.0 Å². The number of hydrogen-bond donors (Lipinski definition) is 2. The van der Waals surface area contributed by atoms with Crippen molar-refractivity contribution in [3.05, 3.63) is 11.4 Å². The lowest BCUT2D eigenvalue weighted by Crippen LogP contribution is -2.34. The van der Waals surface area contributed by atoms with Crippen LogP contribution in [0.1, 0.15) is 50.4 Å². The summed E-state index contributed by atoms with van der Waals surface area (Å²) in [4.78, 5) is 12.0. The molecule has 0 spiro atoms. The average molecular weight is 289 g/mol. The van der Waals surface area contributed by atoms with E-state index < -0.39 is 0 Å². The third-order valence-corrected chi connectivity index (χ3v) is 4.84. The third-order valence-electron chi connectivity index (χ3n) is 4.84.